The molecule has 1 saturated heterocycles. The number of amides is 1. The van der Waals surface area contributed by atoms with E-state index in [-0.39, 0.29) is 54.3 Å². The summed E-state index contributed by atoms with van der Waals surface area (Å²) in [5, 5.41) is 2.48. The molecule has 2 aliphatic heterocycles. The summed E-state index contributed by atoms with van der Waals surface area (Å²) in [5.74, 6) is -1.71. The summed E-state index contributed by atoms with van der Waals surface area (Å²) < 4.78 is 81.7. The van der Waals surface area contributed by atoms with Gasteiger partial charge in [-0.1, -0.05) is 0 Å². The lowest BCUT2D eigenvalue weighted by Gasteiger charge is -2.38. The van der Waals surface area contributed by atoms with Crippen LogP contribution in [0.4, 0.5) is 27.6 Å². The Morgan fingerprint density at radius 1 is 1.21 bits per heavy atom. The third kappa shape index (κ3) is 4.85. The van der Waals surface area contributed by atoms with Crippen molar-refractivity contribution in [2.45, 2.75) is 17.4 Å². The molecule has 0 bridgehead atoms. The number of nitrogens with two attached hydrogens (primary N) is 1. The van der Waals surface area contributed by atoms with Gasteiger partial charge in [0.15, 0.2) is 17.8 Å². The minimum Gasteiger partial charge on any atom is -0.483 e. The largest absolute Gasteiger partial charge is 0.483 e. The van der Waals surface area contributed by atoms with Gasteiger partial charge < -0.3 is 25.3 Å². The highest BCUT2D eigenvalue weighted by molar-refractivity contribution is 6.02. The maximum Gasteiger partial charge on any atom is 0.422 e. The molecule has 3 heterocycles. The molecule has 0 aliphatic carbocycles. The Labute approximate surface area is 195 Å². The zero-order valence-corrected chi connectivity index (χ0v) is 18.0. The van der Waals surface area contributed by atoms with E-state index in [0.717, 1.165) is 24.4 Å². The van der Waals surface area contributed by atoms with Crippen LogP contribution in [0.2, 0.25) is 0 Å². The van der Waals surface area contributed by atoms with Crippen LogP contribution in [0.5, 0.6) is 5.75 Å². The van der Waals surface area contributed by atoms with Crippen LogP contribution in [0.3, 0.4) is 0 Å². The Morgan fingerprint density at radius 2 is 1.97 bits per heavy atom. The SMILES string of the molecule is Cl.NC1=N[C@@]2(c3cc(NC(=O)c4ccc(OCC(F)(F)F)cn4)ccc3F)COC[C@@]2(F)CO1. The molecule has 4 rings (SSSR count). The van der Waals surface area contributed by atoms with Crippen molar-refractivity contribution >= 4 is 30.0 Å². The van der Waals surface area contributed by atoms with Crippen molar-refractivity contribution in [2.75, 3.05) is 31.7 Å². The van der Waals surface area contributed by atoms with Gasteiger partial charge in [0.2, 0.25) is 0 Å². The zero-order chi connectivity index (χ0) is 23.9. The molecular weight excluding hydrogens is 491 g/mol. The summed E-state index contributed by atoms with van der Waals surface area (Å²) in [7, 11) is 0. The van der Waals surface area contributed by atoms with Crippen LogP contribution in [0.15, 0.2) is 41.5 Å². The average Bonchev–Trinajstić information content (AvgIpc) is 3.10. The summed E-state index contributed by atoms with van der Waals surface area (Å²) in [4.78, 5) is 20.3. The number of amidine groups is 1. The number of nitrogens with zero attached hydrogens (tertiary/aromatic N) is 2. The lowest BCUT2D eigenvalue weighted by Crippen LogP contribution is -2.55. The van der Waals surface area contributed by atoms with E-state index in [4.69, 9.17) is 15.2 Å². The molecule has 0 radical (unpaired) electrons. The molecule has 34 heavy (non-hydrogen) atoms. The summed E-state index contributed by atoms with van der Waals surface area (Å²) in [6.07, 6.45) is -3.56. The van der Waals surface area contributed by atoms with Gasteiger partial charge in [0.1, 0.15) is 23.9 Å². The zero-order valence-electron chi connectivity index (χ0n) is 17.2. The molecule has 2 aromatic rings. The van der Waals surface area contributed by atoms with Gasteiger partial charge in [0.25, 0.3) is 11.9 Å². The molecule has 0 unspecified atom stereocenters. The van der Waals surface area contributed by atoms with Crippen molar-refractivity contribution < 1.29 is 41.0 Å². The minimum absolute atomic E-state index is 0. The first-order valence-corrected chi connectivity index (χ1v) is 9.53. The highest BCUT2D eigenvalue weighted by Crippen LogP contribution is 2.48. The molecule has 1 amide bonds. The minimum atomic E-state index is -4.52. The van der Waals surface area contributed by atoms with Gasteiger partial charge in [-0.15, -0.1) is 12.4 Å². The number of aliphatic imine (C=N–C) groups is 1. The second kappa shape index (κ2) is 9.22. The van der Waals surface area contributed by atoms with E-state index in [1.54, 1.807) is 0 Å². The smallest absolute Gasteiger partial charge is 0.422 e. The number of hydrogen-bond donors (Lipinski definition) is 2. The number of ether oxygens (including phenoxy) is 3. The van der Waals surface area contributed by atoms with Crippen LogP contribution in [-0.2, 0) is 15.0 Å². The topological polar surface area (TPSA) is 108 Å². The number of fused-ring (bicyclic) bond motifs is 1. The fraction of sp³-hybridized carbons (Fsp3) is 0.350. The molecule has 0 saturated carbocycles. The summed E-state index contributed by atoms with van der Waals surface area (Å²) in [6.45, 7) is -2.65. The monoisotopic (exact) mass is 508 g/mol. The van der Waals surface area contributed by atoms with Crippen molar-refractivity contribution in [3.05, 3.63) is 53.6 Å². The standard InChI is InChI=1S/C20H17F5N4O4.ClH/c21-14-3-1-11(5-13(14)19-9-31-7-18(19,22)8-33-17(26)29-19)28-16(30)15-4-2-12(6-27-15)32-10-20(23,24)25;/h1-6H,7-10H2,(H2,26,29)(H,28,30);1H/t18-,19-;/m1./s1. The van der Waals surface area contributed by atoms with Gasteiger partial charge in [0.05, 0.1) is 19.4 Å². The first-order valence-electron chi connectivity index (χ1n) is 9.53. The molecule has 14 heteroatoms. The van der Waals surface area contributed by atoms with Crippen LogP contribution in [-0.4, -0.2) is 55.2 Å². The van der Waals surface area contributed by atoms with Crippen LogP contribution in [0, 0.1) is 5.82 Å². The predicted octanol–water partition coefficient (Wildman–Crippen LogP) is 3.11. The summed E-state index contributed by atoms with van der Waals surface area (Å²) in [5.41, 5.74) is 1.41. The molecule has 0 spiro atoms. The number of carbonyl (C=O) groups is 1. The molecule has 3 N–H and O–H groups in total. The van der Waals surface area contributed by atoms with Gasteiger partial charge in [-0.25, -0.2) is 18.8 Å². The van der Waals surface area contributed by atoms with Gasteiger partial charge in [-0.2, -0.15) is 13.2 Å². The molecule has 2 aliphatic rings. The first-order chi connectivity index (χ1) is 15.5. The van der Waals surface area contributed by atoms with Gasteiger partial charge in [-0.3, -0.25) is 4.79 Å². The van der Waals surface area contributed by atoms with Crippen LogP contribution >= 0.6 is 12.4 Å². The first kappa shape index (κ1) is 25.4. The molecule has 1 aromatic carbocycles. The normalized spacial score (nSPS) is 23.7. The van der Waals surface area contributed by atoms with E-state index in [9.17, 15) is 22.4 Å². The van der Waals surface area contributed by atoms with Crippen LogP contribution < -0.4 is 15.8 Å². The van der Waals surface area contributed by atoms with Crippen molar-refractivity contribution in [3.63, 3.8) is 0 Å². The summed E-state index contributed by atoms with van der Waals surface area (Å²) in [6, 6.07) is 5.47. The van der Waals surface area contributed by atoms with E-state index < -0.39 is 42.3 Å². The molecule has 2 atom stereocenters. The third-order valence-electron chi connectivity index (χ3n) is 5.17. The predicted molar refractivity (Wildman–Crippen MR) is 111 cm³/mol. The molecular formula is C20H18ClF5N4O4. The molecule has 1 aromatic heterocycles. The van der Waals surface area contributed by atoms with E-state index in [2.05, 4.69) is 20.0 Å². The molecule has 184 valence electrons. The Kier molecular flexibility index (Phi) is 6.90. The maximum absolute atomic E-state index is 15.5. The third-order valence-corrected chi connectivity index (χ3v) is 5.17. The van der Waals surface area contributed by atoms with Gasteiger partial charge in [-0.05, 0) is 30.3 Å². The maximum atomic E-state index is 15.5. The number of rotatable bonds is 5. The fourth-order valence-electron chi connectivity index (χ4n) is 3.57. The number of aromatic nitrogens is 1. The number of nitrogens with one attached hydrogen (secondary N) is 1. The van der Waals surface area contributed by atoms with E-state index in [1.165, 1.54) is 12.1 Å². The van der Waals surface area contributed by atoms with Gasteiger partial charge >= 0.3 is 6.18 Å². The van der Waals surface area contributed by atoms with Crippen LogP contribution in [0.25, 0.3) is 0 Å². The number of benzene rings is 1. The fourth-order valence-corrected chi connectivity index (χ4v) is 3.57. The van der Waals surface area contributed by atoms with Gasteiger partial charge in [0, 0.05) is 11.3 Å². The highest BCUT2D eigenvalue weighted by Gasteiger charge is 2.62. The second-order valence-corrected chi connectivity index (χ2v) is 7.49. The number of halogens is 6. The van der Waals surface area contributed by atoms with E-state index in [0.29, 0.717) is 0 Å². The molecule has 8 nitrogen and oxygen atoms in total. The number of hydrogen-bond acceptors (Lipinski definition) is 7. The number of pyridine rings is 1. The summed E-state index contributed by atoms with van der Waals surface area (Å²) >= 11 is 0. The number of alkyl halides is 4. The van der Waals surface area contributed by atoms with Crippen molar-refractivity contribution in [3.8, 4) is 5.75 Å². The van der Waals surface area contributed by atoms with Crippen LogP contribution in [0.1, 0.15) is 16.1 Å². The van der Waals surface area contributed by atoms with E-state index >= 15 is 4.39 Å². The van der Waals surface area contributed by atoms with E-state index in [1.807, 2.05) is 0 Å². The molecule has 1 fully saturated rings. The number of anilines is 1. The average molecular weight is 509 g/mol. The highest BCUT2D eigenvalue weighted by atomic mass is 35.5. The van der Waals surface area contributed by atoms with Crippen molar-refractivity contribution in [2.24, 2.45) is 10.7 Å². The van der Waals surface area contributed by atoms with Crippen molar-refractivity contribution in [1.82, 2.24) is 4.98 Å². The Morgan fingerprint density at radius 3 is 2.65 bits per heavy atom. The Balaban J connectivity index is 0.00000324. The quantitative estimate of drug-likeness (QED) is 0.601. The lowest BCUT2D eigenvalue weighted by molar-refractivity contribution is -0.153. The Hall–Kier alpha value is -3.19. The van der Waals surface area contributed by atoms with Crippen molar-refractivity contribution in [1.29, 1.82) is 0 Å². The Bertz CT molecular complexity index is 1100. The second-order valence-electron chi connectivity index (χ2n) is 7.49. The number of carbonyl (C=O) groups excluding carboxylic acids is 1. The lowest BCUT2D eigenvalue weighted by atomic mass is 9.78.